The normalized spacial score (nSPS) is 12.6. The molecular weight excluding hydrogens is 490 g/mol. The van der Waals surface area contributed by atoms with Gasteiger partial charge in [-0.2, -0.15) is 36.5 Å². The minimum atomic E-state index is -5.04. The van der Waals surface area contributed by atoms with Crippen LogP contribution in [0.15, 0.2) is 73.1 Å². The van der Waals surface area contributed by atoms with Crippen molar-refractivity contribution < 1.29 is 35.9 Å². The molecule has 0 saturated carbocycles. The van der Waals surface area contributed by atoms with Crippen molar-refractivity contribution >= 4 is 5.97 Å². The van der Waals surface area contributed by atoms with Crippen LogP contribution < -0.4 is 0 Å². The van der Waals surface area contributed by atoms with Gasteiger partial charge in [-0.15, -0.1) is 0 Å². The molecule has 4 rings (SSSR count). The number of carbonyl (C=O) groups excluding carboxylic acids is 1. The lowest BCUT2D eigenvalue weighted by Gasteiger charge is -2.36. The van der Waals surface area contributed by atoms with E-state index in [-0.39, 0.29) is 11.1 Å². The fourth-order valence-electron chi connectivity index (χ4n) is 4.11. The molecule has 0 unspecified atom stereocenters. The first-order valence-corrected chi connectivity index (χ1v) is 10.4. The molecule has 2 heterocycles. The fourth-order valence-corrected chi connectivity index (χ4v) is 4.11. The van der Waals surface area contributed by atoms with Gasteiger partial charge in [0.15, 0.2) is 0 Å². The zero-order valence-electron chi connectivity index (χ0n) is 18.8. The Morgan fingerprint density at radius 1 is 0.722 bits per heavy atom. The van der Waals surface area contributed by atoms with Crippen LogP contribution >= 0.6 is 0 Å². The van der Waals surface area contributed by atoms with Gasteiger partial charge in [-0.25, -0.2) is 4.79 Å². The third kappa shape index (κ3) is 4.23. The van der Waals surface area contributed by atoms with Crippen molar-refractivity contribution in [2.45, 2.75) is 18.0 Å². The van der Waals surface area contributed by atoms with E-state index in [0.29, 0.717) is 12.4 Å². The Hall–Kier alpha value is -4.09. The maximum Gasteiger partial charge on any atom is 0.419 e. The second-order valence-electron chi connectivity index (χ2n) is 7.86. The highest BCUT2D eigenvalue weighted by Crippen LogP contribution is 2.49. The third-order valence-electron chi connectivity index (χ3n) is 5.59. The summed E-state index contributed by atoms with van der Waals surface area (Å²) >= 11 is 0. The van der Waals surface area contributed by atoms with Gasteiger partial charge in [0.05, 0.1) is 18.0 Å². The number of nitrogens with zero attached hydrogens (tertiary/aromatic N) is 4. The van der Waals surface area contributed by atoms with Crippen molar-refractivity contribution in [1.29, 1.82) is 0 Å². The van der Waals surface area contributed by atoms with Crippen LogP contribution in [0.25, 0.3) is 0 Å². The maximum atomic E-state index is 14.2. The lowest BCUT2D eigenvalue weighted by Crippen LogP contribution is -2.42. The summed E-state index contributed by atoms with van der Waals surface area (Å²) in [6, 6.07) is 14.1. The Labute approximate surface area is 200 Å². The number of alkyl halides is 6. The van der Waals surface area contributed by atoms with Crippen molar-refractivity contribution in [3.63, 3.8) is 0 Å². The number of benzene rings is 2. The molecule has 0 spiro atoms. The second-order valence-corrected chi connectivity index (χ2v) is 7.86. The molecule has 0 bridgehead atoms. The number of ether oxygens (including phenoxy) is 1. The van der Waals surface area contributed by atoms with Crippen molar-refractivity contribution in [3.05, 3.63) is 107 Å². The first kappa shape index (κ1) is 25.0. The molecule has 0 fully saturated rings. The molecule has 0 atom stereocenters. The molecule has 0 aliphatic carbocycles. The quantitative estimate of drug-likeness (QED) is 0.270. The van der Waals surface area contributed by atoms with Gasteiger partial charge < -0.3 is 4.74 Å². The Balaban J connectivity index is 2.18. The van der Waals surface area contributed by atoms with Crippen molar-refractivity contribution in [1.82, 2.24) is 19.6 Å². The summed E-state index contributed by atoms with van der Waals surface area (Å²) in [5, 5.41) is 7.36. The highest BCUT2D eigenvalue weighted by Gasteiger charge is 2.55. The van der Waals surface area contributed by atoms with Gasteiger partial charge in [-0.3, -0.25) is 9.36 Å². The summed E-state index contributed by atoms with van der Waals surface area (Å²) in [5.74, 6) is -1.15. The number of hydrogen-bond donors (Lipinski definition) is 0. The van der Waals surface area contributed by atoms with Crippen molar-refractivity contribution in [2.24, 2.45) is 14.1 Å². The van der Waals surface area contributed by atoms with E-state index >= 15 is 0 Å². The number of carbonyl (C=O) groups is 1. The Morgan fingerprint density at radius 2 is 1.14 bits per heavy atom. The number of rotatable bonds is 5. The lowest BCUT2D eigenvalue weighted by atomic mass is 9.82. The largest absolute Gasteiger partial charge is 0.437 e. The average Bonchev–Trinajstić information content (AvgIpc) is 3.42. The monoisotopic (exact) mass is 508 g/mol. The van der Waals surface area contributed by atoms with Gasteiger partial charge in [-0.1, -0.05) is 48.5 Å². The minimum absolute atomic E-state index is 0.0794. The number of aryl methyl sites for hydroxylation is 2. The van der Waals surface area contributed by atoms with E-state index in [1.54, 1.807) is 6.07 Å². The molecule has 188 valence electrons. The van der Waals surface area contributed by atoms with Gasteiger partial charge >= 0.3 is 18.3 Å². The van der Waals surface area contributed by atoms with Gasteiger partial charge in [0.2, 0.25) is 5.60 Å². The van der Waals surface area contributed by atoms with Crippen LogP contribution in [0.4, 0.5) is 26.3 Å². The molecule has 0 aliphatic heterocycles. The van der Waals surface area contributed by atoms with E-state index in [1.807, 2.05) is 0 Å². The van der Waals surface area contributed by atoms with Crippen LogP contribution in [0.3, 0.4) is 0 Å². The predicted molar refractivity (Wildman–Crippen MR) is 115 cm³/mol. The third-order valence-corrected chi connectivity index (χ3v) is 5.59. The first-order valence-electron chi connectivity index (χ1n) is 10.4. The molecule has 0 radical (unpaired) electrons. The predicted octanol–water partition coefficient (Wildman–Crippen LogP) is 5.34. The Morgan fingerprint density at radius 3 is 1.56 bits per heavy atom. The minimum Gasteiger partial charge on any atom is -0.437 e. The summed E-state index contributed by atoms with van der Waals surface area (Å²) < 4.78 is 92.5. The topological polar surface area (TPSA) is 61.9 Å². The van der Waals surface area contributed by atoms with Crippen LogP contribution in [0.5, 0.6) is 0 Å². The summed E-state index contributed by atoms with van der Waals surface area (Å²) in [6.07, 6.45) is -9.13. The fraction of sp³-hybridized carbons (Fsp3) is 0.208. The Kier molecular flexibility index (Phi) is 6.15. The maximum absolute atomic E-state index is 14.2. The van der Waals surface area contributed by atoms with Crippen LogP contribution in [-0.4, -0.2) is 25.5 Å². The van der Waals surface area contributed by atoms with Gasteiger partial charge in [0.25, 0.3) is 0 Å². The molecule has 2 aromatic carbocycles. The molecule has 36 heavy (non-hydrogen) atoms. The molecule has 2 aromatic heterocycles. The van der Waals surface area contributed by atoms with Crippen LogP contribution in [0, 0.1) is 0 Å². The zero-order chi connectivity index (χ0) is 26.3. The zero-order valence-corrected chi connectivity index (χ0v) is 18.8. The number of aromatic nitrogens is 4. The highest BCUT2D eigenvalue weighted by molar-refractivity contribution is 5.90. The molecule has 0 saturated heterocycles. The average molecular weight is 508 g/mol. The summed E-state index contributed by atoms with van der Waals surface area (Å²) in [7, 11) is 2.25. The van der Waals surface area contributed by atoms with Crippen molar-refractivity contribution in [3.8, 4) is 0 Å². The smallest absolute Gasteiger partial charge is 0.419 e. The Bertz CT molecular complexity index is 1320. The van der Waals surface area contributed by atoms with E-state index in [0.717, 1.165) is 23.5 Å². The summed E-state index contributed by atoms with van der Waals surface area (Å²) in [6.45, 7) is 0. The van der Waals surface area contributed by atoms with Crippen molar-refractivity contribution in [2.75, 3.05) is 0 Å². The van der Waals surface area contributed by atoms with Crippen LogP contribution in [0.2, 0.25) is 0 Å². The molecule has 4 aromatic rings. The molecule has 0 aliphatic rings. The van der Waals surface area contributed by atoms with Crippen LogP contribution in [-0.2, 0) is 36.8 Å². The molecular formula is C24H18F6N4O2. The number of esters is 1. The van der Waals surface area contributed by atoms with E-state index in [2.05, 4.69) is 10.2 Å². The standard InChI is InChI=1S/C24H18F6N4O2/c1-33-19(17(13-31-33)23(25,26)27)22(16-11-7-4-8-12-16,36-21(35)15-9-5-3-6-10-15)20-18(24(28,29)30)14-32-34(20)2/h3-14H,1-2H3. The van der Waals surface area contributed by atoms with E-state index in [9.17, 15) is 31.1 Å². The highest BCUT2D eigenvalue weighted by atomic mass is 19.4. The van der Waals surface area contributed by atoms with E-state index < -0.39 is 46.4 Å². The summed E-state index contributed by atoms with van der Waals surface area (Å²) in [5.41, 5.74) is -7.38. The summed E-state index contributed by atoms with van der Waals surface area (Å²) in [4.78, 5) is 13.3. The molecule has 0 amide bonds. The van der Waals surface area contributed by atoms with Gasteiger partial charge in [-0.05, 0) is 12.1 Å². The second kappa shape index (κ2) is 8.85. The van der Waals surface area contributed by atoms with Gasteiger partial charge in [0, 0.05) is 19.7 Å². The molecule has 6 nitrogen and oxygen atoms in total. The molecule has 12 heteroatoms. The van der Waals surface area contributed by atoms with Gasteiger partial charge in [0.1, 0.15) is 22.5 Å². The van der Waals surface area contributed by atoms with E-state index in [1.165, 1.54) is 54.6 Å². The SMILES string of the molecule is Cn1ncc(C(F)(F)F)c1C(OC(=O)c1ccccc1)(c1ccccc1)c1c(C(F)(F)F)cnn1C. The number of hydrogen-bond acceptors (Lipinski definition) is 4. The lowest BCUT2D eigenvalue weighted by molar-refractivity contribution is -0.141. The van der Waals surface area contributed by atoms with Crippen LogP contribution in [0.1, 0.15) is 38.4 Å². The number of halogens is 6. The van der Waals surface area contributed by atoms with E-state index in [4.69, 9.17) is 4.74 Å². The first-order chi connectivity index (χ1) is 16.9. The molecule has 0 N–H and O–H groups in total.